The molecular weight excluding hydrogens is 414 g/mol. The van der Waals surface area contributed by atoms with Crippen LogP contribution in [0.1, 0.15) is 48.6 Å². The average molecular weight is 442 g/mol. The minimum absolute atomic E-state index is 0.0594. The van der Waals surface area contributed by atoms with Crippen molar-refractivity contribution >= 4 is 27.5 Å². The van der Waals surface area contributed by atoms with Crippen molar-refractivity contribution in [1.29, 1.82) is 0 Å². The van der Waals surface area contributed by atoms with Crippen LogP contribution in [-0.2, 0) is 21.2 Å². The molecule has 2 aromatic carbocycles. The van der Waals surface area contributed by atoms with Crippen molar-refractivity contribution in [3.63, 3.8) is 0 Å². The van der Waals surface area contributed by atoms with Crippen molar-refractivity contribution in [3.8, 4) is 0 Å². The molecule has 0 radical (unpaired) electrons. The number of anilines is 2. The molecule has 0 aliphatic heterocycles. The second kappa shape index (κ2) is 9.34. The van der Waals surface area contributed by atoms with Gasteiger partial charge in [-0.05, 0) is 61.6 Å². The number of rotatable bonds is 8. The van der Waals surface area contributed by atoms with E-state index in [-0.39, 0.29) is 16.7 Å². The van der Waals surface area contributed by atoms with Crippen LogP contribution in [0.25, 0.3) is 0 Å². The fourth-order valence-electron chi connectivity index (χ4n) is 2.96. The third-order valence-corrected chi connectivity index (χ3v) is 6.47. The van der Waals surface area contributed by atoms with Crippen LogP contribution in [0.2, 0.25) is 0 Å². The lowest BCUT2D eigenvalue weighted by molar-refractivity contribution is -0.116. The molecule has 0 bridgehead atoms. The molecule has 0 spiro atoms. The summed E-state index contributed by atoms with van der Waals surface area (Å²) >= 11 is 0. The van der Waals surface area contributed by atoms with Crippen LogP contribution in [0.5, 0.6) is 0 Å². The topological polar surface area (TPSA) is 101 Å². The van der Waals surface area contributed by atoms with Crippen LogP contribution in [0, 0.1) is 13.8 Å². The van der Waals surface area contributed by atoms with Gasteiger partial charge in [0.2, 0.25) is 11.8 Å². The summed E-state index contributed by atoms with van der Waals surface area (Å²) < 4.78 is 32.5. The molecule has 0 unspecified atom stereocenters. The molecule has 8 heteroatoms. The second-order valence-electron chi connectivity index (χ2n) is 7.80. The van der Waals surface area contributed by atoms with E-state index in [1.807, 2.05) is 12.1 Å². The smallest absolute Gasteiger partial charge is 0.264 e. The predicted octanol–water partition coefficient (Wildman–Crippen LogP) is 4.79. The Morgan fingerprint density at radius 3 is 2.23 bits per heavy atom. The van der Waals surface area contributed by atoms with E-state index in [9.17, 15) is 13.2 Å². The number of amides is 1. The van der Waals surface area contributed by atoms with Gasteiger partial charge in [-0.15, -0.1) is 0 Å². The van der Waals surface area contributed by atoms with E-state index in [1.165, 1.54) is 17.7 Å². The summed E-state index contributed by atoms with van der Waals surface area (Å²) in [5, 5.41) is 6.54. The number of carbonyl (C=O) groups excluding carboxylic acids is 1. The van der Waals surface area contributed by atoms with Gasteiger partial charge in [0.15, 0.2) is 0 Å². The molecule has 0 aliphatic rings. The predicted molar refractivity (Wildman–Crippen MR) is 121 cm³/mol. The third kappa shape index (κ3) is 5.73. The van der Waals surface area contributed by atoms with E-state index in [0.717, 1.165) is 5.56 Å². The zero-order valence-electron chi connectivity index (χ0n) is 18.1. The van der Waals surface area contributed by atoms with Gasteiger partial charge in [-0.1, -0.05) is 43.3 Å². The van der Waals surface area contributed by atoms with Crippen molar-refractivity contribution < 1.29 is 17.7 Å². The number of hydrogen-bond acceptors (Lipinski definition) is 5. The maximum absolute atomic E-state index is 12.5. The Kier molecular flexibility index (Phi) is 6.80. The highest BCUT2D eigenvalue weighted by Crippen LogP contribution is 2.23. The quantitative estimate of drug-likeness (QED) is 0.523. The lowest BCUT2D eigenvalue weighted by atomic mass is 10.0. The molecule has 0 atom stereocenters. The molecule has 164 valence electrons. The van der Waals surface area contributed by atoms with E-state index in [0.29, 0.717) is 35.7 Å². The number of nitrogens with one attached hydrogen (secondary N) is 2. The summed E-state index contributed by atoms with van der Waals surface area (Å²) in [6.07, 6.45) is 0.975. The van der Waals surface area contributed by atoms with Crippen molar-refractivity contribution in [1.82, 2.24) is 5.16 Å². The third-order valence-electron chi connectivity index (χ3n) is 5.12. The Bertz CT molecular complexity index is 1150. The van der Waals surface area contributed by atoms with Crippen LogP contribution in [0.3, 0.4) is 0 Å². The number of nitrogens with zero attached hydrogens (tertiary/aromatic N) is 1. The highest BCUT2D eigenvalue weighted by molar-refractivity contribution is 7.92. The standard InChI is InChI=1S/C23H27N3O4S/c1-15(2)19-8-5-18(6-9-19)7-14-22(27)24-20-10-12-21(13-11-20)31(28,29)26-23-16(3)17(4)25-30-23/h5-6,8-13,15,26H,7,14H2,1-4H3,(H,24,27). The fraction of sp³-hybridized carbons (Fsp3) is 0.304. The first-order valence-electron chi connectivity index (χ1n) is 10.1. The number of aromatic nitrogens is 1. The Balaban J connectivity index is 1.57. The van der Waals surface area contributed by atoms with E-state index in [4.69, 9.17) is 4.52 Å². The van der Waals surface area contributed by atoms with Crippen molar-refractivity contribution in [2.75, 3.05) is 10.0 Å². The molecule has 1 aromatic heterocycles. The van der Waals surface area contributed by atoms with Crippen molar-refractivity contribution in [3.05, 3.63) is 70.9 Å². The van der Waals surface area contributed by atoms with Gasteiger partial charge in [0.1, 0.15) is 0 Å². The van der Waals surface area contributed by atoms with Crippen LogP contribution in [0.15, 0.2) is 57.9 Å². The van der Waals surface area contributed by atoms with Gasteiger partial charge >= 0.3 is 0 Å². The van der Waals surface area contributed by atoms with Gasteiger partial charge in [-0.2, -0.15) is 0 Å². The number of benzene rings is 2. The van der Waals surface area contributed by atoms with Crippen molar-refractivity contribution in [2.24, 2.45) is 0 Å². The van der Waals surface area contributed by atoms with Crippen molar-refractivity contribution in [2.45, 2.75) is 51.3 Å². The van der Waals surface area contributed by atoms with E-state index >= 15 is 0 Å². The molecule has 3 rings (SSSR count). The lowest BCUT2D eigenvalue weighted by Gasteiger charge is -2.09. The minimum Gasteiger partial charge on any atom is -0.337 e. The molecule has 2 N–H and O–H groups in total. The summed E-state index contributed by atoms with van der Waals surface area (Å²) in [6, 6.07) is 14.3. The first kappa shape index (κ1) is 22.6. The monoisotopic (exact) mass is 441 g/mol. The summed E-state index contributed by atoms with van der Waals surface area (Å²) in [5.41, 5.74) is 4.15. The highest BCUT2D eigenvalue weighted by atomic mass is 32.2. The molecular formula is C23H27N3O4S. The van der Waals surface area contributed by atoms with Gasteiger partial charge in [0.25, 0.3) is 10.0 Å². The largest absolute Gasteiger partial charge is 0.337 e. The van der Waals surface area contributed by atoms with E-state index in [2.05, 4.69) is 41.2 Å². The molecule has 1 amide bonds. The molecule has 7 nitrogen and oxygen atoms in total. The SMILES string of the molecule is Cc1noc(NS(=O)(=O)c2ccc(NC(=O)CCc3ccc(C(C)C)cc3)cc2)c1C. The zero-order valence-corrected chi connectivity index (χ0v) is 18.9. The summed E-state index contributed by atoms with van der Waals surface area (Å²) in [5.74, 6) is 0.439. The van der Waals surface area contributed by atoms with Gasteiger partial charge in [-0.25, -0.2) is 13.1 Å². The average Bonchev–Trinajstić information content (AvgIpc) is 3.04. The van der Waals surface area contributed by atoms with Crippen LogP contribution in [-0.4, -0.2) is 19.5 Å². The molecule has 0 saturated heterocycles. The Morgan fingerprint density at radius 2 is 1.68 bits per heavy atom. The number of carbonyl (C=O) groups is 1. The number of sulfonamides is 1. The maximum atomic E-state index is 12.5. The maximum Gasteiger partial charge on any atom is 0.264 e. The van der Waals surface area contributed by atoms with Gasteiger partial charge in [0.05, 0.1) is 10.6 Å². The first-order valence-corrected chi connectivity index (χ1v) is 11.6. The number of aryl methyl sites for hydroxylation is 2. The Morgan fingerprint density at radius 1 is 1.03 bits per heavy atom. The summed E-state index contributed by atoms with van der Waals surface area (Å²) in [7, 11) is -3.82. The van der Waals surface area contributed by atoms with Crippen LogP contribution < -0.4 is 10.0 Å². The van der Waals surface area contributed by atoms with Crippen LogP contribution in [0.4, 0.5) is 11.6 Å². The molecule has 31 heavy (non-hydrogen) atoms. The van der Waals surface area contributed by atoms with E-state index in [1.54, 1.807) is 26.0 Å². The normalized spacial score (nSPS) is 11.5. The van der Waals surface area contributed by atoms with Gasteiger partial charge < -0.3 is 9.84 Å². The molecule has 0 saturated carbocycles. The lowest BCUT2D eigenvalue weighted by Crippen LogP contribution is -2.14. The second-order valence-corrected chi connectivity index (χ2v) is 9.48. The van der Waals surface area contributed by atoms with Gasteiger partial charge in [0, 0.05) is 17.7 Å². The Labute approximate surface area is 182 Å². The molecule has 3 aromatic rings. The van der Waals surface area contributed by atoms with Gasteiger partial charge in [-0.3, -0.25) is 4.79 Å². The summed E-state index contributed by atoms with van der Waals surface area (Å²) in [6.45, 7) is 7.74. The summed E-state index contributed by atoms with van der Waals surface area (Å²) in [4.78, 5) is 12.3. The number of hydrogen-bond donors (Lipinski definition) is 2. The molecule has 0 aliphatic carbocycles. The Hall–Kier alpha value is -3.13. The molecule has 1 heterocycles. The first-order chi connectivity index (χ1) is 14.7. The minimum atomic E-state index is -3.82. The highest BCUT2D eigenvalue weighted by Gasteiger charge is 2.19. The fourth-order valence-corrected chi connectivity index (χ4v) is 4.01. The molecule has 0 fully saturated rings. The van der Waals surface area contributed by atoms with E-state index < -0.39 is 10.0 Å². The van der Waals surface area contributed by atoms with Crippen LogP contribution >= 0.6 is 0 Å². The zero-order chi connectivity index (χ0) is 22.6.